The van der Waals surface area contributed by atoms with Gasteiger partial charge in [0.1, 0.15) is 13.1 Å². The lowest BCUT2D eigenvalue weighted by Gasteiger charge is -2.07. The van der Waals surface area contributed by atoms with E-state index in [1.54, 1.807) is 12.1 Å². The molecule has 0 saturated carbocycles. The van der Waals surface area contributed by atoms with Crippen molar-refractivity contribution in [2.24, 2.45) is 7.05 Å². The number of rotatable bonds is 1. The SMILES string of the molecule is Cc1cc(F)c2oc3c(C#N)cccc3c2c1-c1cccc[n+]1C. The molecule has 0 amide bonds. The summed E-state index contributed by atoms with van der Waals surface area (Å²) in [5, 5.41) is 10.8. The van der Waals surface area contributed by atoms with Crippen molar-refractivity contribution in [2.45, 2.75) is 6.92 Å². The highest BCUT2D eigenvalue weighted by Crippen LogP contribution is 2.39. The van der Waals surface area contributed by atoms with Gasteiger partial charge in [0.15, 0.2) is 23.2 Å². The normalized spacial score (nSPS) is 11.1. The second kappa shape index (κ2) is 5.17. The molecule has 0 saturated heterocycles. The van der Waals surface area contributed by atoms with Crippen molar-refractivity contribution >= 4 is 21.9 Å². The fourth-order valence-corrected chi connectivity index (χ4v) is 3.26. The lowest BCUT2D eigenvalue weighted by atomic mass is 9.97. The number of fused-ring (bicyclic) bond motifs is 3. The highest BCUT2D eigenvalue weighted by molar-refractivity contribution is 6.13. The van der Waals surface area contributed by atoms with Gasteiger partial charge in [-0.15, -0.1) is 0 Å². The molecule has 3 nitrogen and oxygen atoms in total. The molecule has 4 heteroatoms. The average Bonchev–Trinajstić information content (AvgIpc) is 2.96. The Hall–Kier alpha value is -3.19. The molecular weight excluding hydrogens is 303 g/mol. The van der Waals surface area contributed by atoms with Gasteiger partial charge >= 0.3 is 0 Å². The summed E-state index contributed by atoms with van der Waals surface area (Å²) in [5.41, 5.74) is 3.74. The van der Waals surface area contributed by atoms with Crippen LogP contribution in [-0.2, 0) is 7.05 Å². The Morgan fingerprint density at radius 2 is 1.96 bits per heavy atom. The molecule has 2 aromatic carbocycles. The Morgan fingerprint density at radius 3 is 2.71 bits per heavy atom. The zero-order chi connectivity index (χ0) is 16.8. The quantitative estimate of drug-likeness (QED) is 0.488. The molecule has 2 heterocycles. The fourth-order valence-electron chi connectivity index (χ4n) is 3.26. The smallest absolute Gasteiger partial charge is 0.213 e. The molecule has 0 N–H and O–H groups in total. The molecule has 0 fully saturated rings. The van der Waals surface area contributed by atoms with Crippen molar-refractivity contribution < 1.29 is 13.4 Å². The van der Waals surface area contributed by atoms with E-state index >= 15 is 0 Å². The summed E-state index contributed by atoms with van der Waals surface area (Å²) < 4.78 is 22.3. The van der Waals surface area contributed by atoms with Crippen LogP contribution in [0.15, 0.2) is 53.1 Å². The molecule has 0 aliphatic rings. The molecular formula is C20H14FN2O+. The maximum atomic E-state index is 14.5. The van der Waals surface area contributed by atoms with Gasteiger partial charge in [0.05, 0.1) is 11.1 Å². The summed E-state index contributed by atoms with van der Waals surface area (Å²) in [6.07, 6.45) is 1.95. The van der Waals surface area contributed by atoms with Crippen LogP contribution in [-0.4, -0.2) is 0 Å². The highest BCUT2D eigenvalue weighted by atomic mass is 19.1. The topological polar surface area (TPSA) is 40.8 Å². The van der Waals surface area contributed by atoms with Gasteiger partial charge in [-0.05, 0) is 30.7 Å². The number of nitriles is 1. The maximum absolute atomic E-state index is 14.5. The van der Waals surface area contributed by atoms with Crippen LogP contribution in [0.3, 0.4) is 0 Å². The van der Waals surface area contributed by atoms with E-state index in [0.29, 0.717) is 16.5 Å². The van der Waals surface area contributed by atoms with Crippen molar-refractivity contribution in [3.05, 3.63) is 65.6 Å². The lowest BCUT2D eigenvalue weighted by molar-refractivity contribution is -0.660. The van der Waals surface area contributed by atoms with Crippen molar-refractivity contribution in [1.29, 1.82) is 5.26 Å². The van der Waals surface area contributed by atoms with Crippen LogP contribution in [0.5, 0.6) is 0 Å². The Labute approximate surface area is 138 Å². The number of nitrogens with zero attached hydrogens (tertiary/aromatic N) is 2. The Morgan fingerprint density at radius 1 is 1.12 bits per heavy atom. The maximum Gasteiger partial charge on any atom is 0.213 e. The molecule has 4 aromatic rings. The zero-order valence-corrected chi connectivity index (χ0v) is 13.3. The Bertz CT molecular complexity index is 1150. The third-order valence-corrected chi connectivity index (χ3v) is 4.35. The van der Waals surface area contributed by atoms with E-state index in [4.69, 9.17) is 4.42 Å². The first-order chi connectivity index (χ1) is 11.6. The van der Waals surface area contributed by atoms with Crippen molar-refractivity contribution in [3.63, 3.8) is 0 Å². The first-order valence-electron chi connectivity index (χ1n) is 7.61. The standard InChI is InChI=1S/C20H14FN2O/c1-12-10-15(21)20-18(17(12)16-8-3-4-9-23(16)2)14-7-5-6-13(11-22)19(14)24-20/h3-10H,1-2H3/q+1. The van der Waals surface area contributed by atoms with E-state index < -0.39 is 5.82 Å². The third-order valence-electron chi connectivity index (χ3n) is 4.35. The average molecular weight is 317 g/mol. The third kappa shape index (κ3) is 1.92. The molecule has 4 rings (SSSR count). The van der Waals surface area contributed by atoms with Gasteiger partial charge < -0.3 is 4.42 Å². The first-order valence-corrected chi connectivity index (χ1v) is 7.61. The number of benzene rings is 2. The van der Waals surface area contributed by atoms with Crippen LogP contribution < -0.4 is 4.57 Å². The molecule has 0 unspecified atom stereocenters. The summed E-state index contributed by atoms with van der Waals surface area (Å²) >= 11 is 0. The van der Waals surface area contributed by atoms with Gasteiger partial charge in [0.25, 0.3) is 0 Å². The summed E-state index contributed by atoms with van der Waals surface area (Å²) in [5.74, 6) is -0.412. The Kier molecular flexibility index (Phi) is 3.10. The van der Waals surface area contributed by atoms with Crippen LogP contribution in [0, 0.1) is 24.1 Å². The summed E-state index contributed by atoms with van der Waals surface area (Å²) in [6, 6.07) is 14.8. The molecule has 0 radical (unpaired) electrons. The molecule has 0 bridgehead atoms. The van der Waals surface area contributed by atoms with Gasteiger partial charge in [0.2, 0.25) is 5.69 Å². The largest absolute Gasteiger partial charge is 0.452 e. The minimum absolute atomic E-state index is 0.192. The predicted octanol–water partition coefficient (Wildman–Crippen LogP) is 4.40. The fraction of sp³-hybridized carbons (Fsp3) is 0.100. The van der Waals surface area contributed by atoms with Gasteiger partial charge in [-0.25, -0.2) is 8.96 Å². The summed E-state index contributed by atoms with van der Waals surface area (Å²) in [7, 11) is 1.95. The lowest BCUT2D eigenvalue weighted by Crippen LogP contribution is -2.30. The number of aromatic nitrogens is 1. The van der Waals surface area contributed by atoms with E-state index in [0.717, 1.165) is 22.2 Å². The number of pyridine rings is 1. The second-order valence-electron chi connectivity index (χ2n) is 5.85. The van der Waals surface area contributed by atoms with Crippen LogP contribution >= 0.6 is 0 Å². The minimum atomic E-state index is -0.412. The number of halogens is 1. The molecule has 0 aliphatic heterocycles. The number of hydrogen-bond acceptors (Lipinski definition) is 2. The number of hydrogen-bond donors (Lipinski definition) is 0. The molecule has 116 valence electrons. The zero-order valence-electron chi connectivity index (χ0n) is 13.3. The molecule has 0 atom stereocenters. The Balaban J connectivity index is 2.27. The second-order valence-corrected chi connectivity index (χ2v) is 5.85. The van der Waals surface area contributed by atoms with E-state index in [1.165, 1.54) is 6.07 Å². The van der Waals surface area contributed by atoms with Crippen LogP contribution in [0.25, 0.3) is 33.2 Å². The molecule has 0 aliphatic carbocycles. The van der Waals surface area contributed by atoms with E-state index in [2.05, 4.69) is 6.07 Å². The number of aryl methyl sites for hydroxylation is 2. The number of furan rings is 1. The van der Waals surface area contributed by atoms with Crippen LogP contribution in [0.1, 0.15) is 11.1 Å². The molecule has 2 aromatic heterocycles. The van der Waals surface area contributed by atoms with Crippen molar-refractivity contribution in [2.75, 3.05) is 0 Å². The van der Waals surface area contributed by atoms with E-state index in [-0.39, 0.29) is 5.58 Å². The highest BCUT2D eigenvalue weighted by Gasteiger charge is 2.23. The van der Waals surface area contributed by atoms with Gasteiger partial charge in [-0.3, -0.25) is 0 Å². The van der Waals surface area contributed by atoms with Crippen LogP contribution in [0.2, 0.25) is 0 Å². The van der Waals surface area contributed by atoms with E-state index in [9.17, 15) is 9.65 Å². The van der Waals surface area contributed by atoms with Crippen molar-refractivity contribution in [1.82, 2.24) is 0 Å². The van der Waals surface area contributed by atoms with Gasteiger partial charge in [-0.1, -0.05) is 12.1 Å². The van der Waals surface area contributed by atoms with Gasteiger partial charge in [-0.2, -0.15) is 5.26 Å². The molecule has 24 heavy (non-hydrogen) atoms. The predicted molar refractivity (Wildman–Crippen MR) is 89.7 cm³/mol. The van der Waals surface area contributed by atoms with E-state index in [1.807, 2.05) is 49.0 Å². The first kappa shape index (κ1) is 14.4. The van der Waals surface area contributed by atoms with Gasteiger partial charge in [0, 0.05) is 22.9 Å². The number of para-hydroxylation sites is 1. The van der Waals surface area contributed by atoms with Crippen LogP contribution in [0.4, 0.5) is 4.39 Å². The summed E-state index contributed by atoms with van der Waals surface area (Å²) in [4.78, 5) is 0. The molecule has 0 spiro atoms. The minimum Gasteiger partial charge on any atom is -0.452 e. The van der Waals surface area contributed by atoms with Crippen molar-refractivity contribution in [3.8, 4) is 17.3 Å². The monoisotopic (exact) mass is 317 g/mol. The summed E-state index contributed by atoms with van der Waals surface area (Å²) in [6.45, 7) is 1.89.